The molecule has 0 aliphatic heterocycles. The number of carbonyl (C=O) groups is 1. The molecule has 0 heterocycles. The maximum absolute atomic E-state index is 12.2. The van der Waals surface area contributed by atoms with Crippen LogP contribution in [0.25, 0.3) is 0 Å². The number of aryl methyl sites for hydroxylation is 1. The summed E-state index contributed by atoms with van der Waals surface area (Å²) in [7, 11) is 0. The van der Waals surface area contributed by atoms with E-state index in [2.05, 4.69) is 73.2 Å². The molecule has 2 aromatic rings. The van der Waals surface area contributed by atoms with E-state index in [1.807, 2.05) is 18.2 Å². The predicted octanol–water partition coefficient (Wildman–Crippen LogP) is 7.28. The first-order valence-corrected chi connectivity index (χ1v) is 11.5. The van der Waals surface area contributed by atoms with Gasteiger partial charge in [-0.1, -0.05) is 52.3 Å². The average Bonchev–Trinajstić information content (AvgIpc) is 2.72. The molecule has 0 fully saturated rings. The standard InChI is InChI=1S/C25H34BrNO2/c1-5-7-9-19-11-16-23(22(26)18-19)27-24(28)10-8-17-29-21-14-12-20(13-15-21)25(3,4)6-2/h11-16,18H,5-10,17H2,1-4H3,(H,27,28). The molecule has 0 saturated carbocycles. The largest absolute Gasteiger partial charge is 0.494 e. The van der Waals surface area contributed by atoms with Gasteiger partial charge in [-0.05, 0) is 82.4 Å². The van der Waals surface area contributed by atoms with Crippen LogP contribution in [0, 0.1) is 0 Å². The van der Waals surface area contributed by atoms with E-state index in [4.69, 9.17) is 4.74 Å². The topological polar surface area (TPSA) is 38.3 Å². The Balaban J connectivity index is 1.75. The number of ether oxygens (including phenoxy) is 1. The van der Waals surface area contributed by atoms with Crippen molar-refractivity contribution in [3.8, 4) is 5.75 Å². The second-order valence-corrected chi connectivity index (χ2v) is 9.03. The van der Waals surface area contributed by atoms with Crippen LogP contribution < -0.4 is 10.1 Å². The number of hydrogen-bond donors (Lipinski definition) is 1. The third-order valence-corrected chi connectivity index (χ3v) is 6.12. The van der Waals surface area contributed by atoms with Gasteiger partial charge in [0.25, 0.3) is 0 Å². The molecular weight excluding hydrogens is 426 g/mol. The molecule has 29 heavy (non-hydrogen) atoms. The van der Waals surface area contributed by atoms with Crippen LogP contribution in [0.1, 0.15) is 70.9 Å². The van der Waals surface area contributed by atoms with E-state index < -0.39 is 0 Å². The molecule has 0 aromatic heterocycles. The number of halogens is 1. The maximum atomic E-state index is 12.2. The average molecular weight is 460 g/mol. The Hall–Kier alpha value is -1.81. The zero-order chi connectivity index (χ0) is 21.3. The lowest BCUT2D eigenvalue weighted by Crippen LogP contribution is -2.15. The van der Waals surface area contributed by atoms with Crippen molar-refractivity contribution in [2.75, 3.05) is 11.9 Å². The lowest BCUT2D eigenvalue weighted by molar-refractivity contribution is -0.116. The molecule has 158 valence electrons. The van der Waals surface area contributed by atoms with E-state index in [0.717, 1.165) is 28.8 Å². The van der Waals surface area contributed by atoms with Crippen molar-refractivity contribution in [3.05, 3.63) is 58.1 Å². The fourth-order valence-corrected chi connectivity index (χ4v) is 3.56. The molecule has 0 saturated heterocycles. The minimum absolute atomic E-state index is 0.00986. The molecule has 1 N–H and O–H groups in total. The number of anilines is 1. The molecule has 0 unspecified atom stereocenters. The molecule has 4 heteroatoms. The smallest absolute Gasteiger partial charge is 0.224 e. The monoisotopic (exact) mass is 459 g/mol. The summed E-state index contributed by atoms with van der Waals surface area (Å²) in [5, 5.41) is 2.98. The highest BCUT2D eigenvalue weighted by atomic mass is 79.9. The summed E-state index contributed by atoms with van der Waals surface area (Å²) >= 11 is 3.57. The Bertz CT molecular complexity index is 784. The summed E-state index contributed by atoms with van der Waals surface area (Å²) in [6.45, 7) is 9.42. The molecular formula is C25H34BrNO2. The van der Waals surface area contributed by atoms with Crippen LogP contribution in [0.2, 0.25) is 0 Å². The van der Waals surface area contributed by atoms with Gasteiger partial charge < -0.3 is 10.1 Å². The Morgan fingerprint density at radius 3 is 2.41 bits per heavy atom. The van der Waals surface area contributed by atoms with Crippen molar-refractivity contribution < 1.29 is 9.53 Å². The molecule has 1 amide bonds. The van der Waals surface area contributed by atoms with Crippen LogP contribution in [0.3, 0.4) is 0 Å². The zero-order valence-electron chi connectivity index (χ0n) is 18.2. The number of benzene rings is 2. The Morgan fingerprint density at radius 2 is 1.79 bits per heavy atom. The summed E-state index contributed by atoms with van der Waals surface area (Å²) in [5.41, 5.74) is 3.61. The van der Waals surface area contributed by atoms with Crippen molar-refractivity contribution in [2.45, 2.75) is 71.6 Å². The molecule has 3 nitrogen and oxygen atoms in total. The van der Waals surface area contributed by atoms with E-state index in [1.54, 1.807) is 0 Å². The Morgan fingerprint density at radius 1 is 1.07 bits per heavy atom. The quantitative estimate of drug-likeness (QED) is 0.358. The first-order valence-electron chi connectivity index (χ1n) is 10.7. The van der Waals surface area contributed by atoms with Gasteiger partial charge in [0.1, 0.15) is 5.75 Å². The maximum Gasteiger partial charge on any atom is 0.224 e. The van der Waals surface area contributed by atoms with E-state index in [0.29, 0.717) is 19.4 Å². The molecule has 2 aromatic carbocycles. The molecule has 0 radical (unpaired) electrons. The molecule has 2 rings (SSSR count). The summed E-state index contributed by atoms with van der Waals surface area (Å²) in [6.07, 6.45) is 5.64. The fraction of sp³-hybridized carbons (Fsp3) is 0.480. The highest BCUT2D eigenvalue weighted by molar-refractivity contribution is 9.10. The highest BCUT2D eigenvalue weighted by Gasteiger charge is 2.17. The lowest BCUT2D eigenvalue weighted by atomic mass is 9.82. The second-order valence-electron chi connectivity index (χ2n) is 8.18. The molecule has 0 aliphatic carbocycles. The predicted molar refractivity (Wildman–Crippen MR) is 126 cm³/mol. The Kier molecular flexibility index (Phi) is 9.22. The fourth-order valence-electron chi connectivity index (χ4n) is 3.04. The van der Waals surface area contributed by atoms with Crippen LogP contribution in [-0.4, -0.2) is 12.5 Å². The zero-order valence-corrected chi connectivity index (χ0v) is 19.8. The van der Waals surface area contributed by atoms with Crippen LogP contribution in [-0.2, 0) is 16.6 Å². The van der Waals surface area contributed by atoms with Gasteiger partial charge in [-0.15, -0.1) is 0 Å². The number of unbranched alkanes of at least 4 members (excludes halogenated alkanes) is 1. The third-order valence-electron chi connectivity index (χ3n) is 5.46. The summed E-state index contributed by atoms with van der Waals surface area (Å²) in [4.78, 5) is 12.2. The van der Waals surface area contributed by atoms with Crippen molar-refractivity contribution in [3.63, 3.8) is 0 Å². The van der Waals surface area contributed by atoms with Crippen LogP contribution in [0.15, 0.2) is 46.9 Å². The molecule has 0 atom stereocenters. The van der Waals surface area contributed by atoms with E-state index >= 15 is 0 Å². The van der Waals surface area contributed by atoms with Gasteiger partial charge in [-0.25, -0.2) is 0 Å². The van der Waals surface area contributed by atoms with E-state index in [9.17, 15) is 4.79 Å². The molecule has 0 aliphatic rings. The molecule has 0 bridgehead atoms. The van der Waals surface area contributed by atoms with Gasteiger partial charge in [0.2, 0.25) is 5.91 Å². The van der Waals surface area contributed by atoms with Gasteiger partial charge in [0.15, 0.2) is 0 Å². The number of amides is 1. The summed E-state index contributed by atoms with van der Waals surface area (Å²) < 4.78 is 6.73. The lowest BCUT2D eigenvalue weighted by Gasteiger charge is -2.23. The van der Waals surface area contributed by atoms with Crippen molar-refractivity contribution >= 4 is 27.5 Å². The van der Waals surface area contributed by atoms with Crippen molar-refractivity contribution in [2.24, 2.45) is 0 Å². The van der Waals surface area contributed by atoms with Gasteiger partial charge in [0.05, 0.1) is 12.3 Å². The summed E-state index contributed by atoms with van der Waals surface area (Å²) in [6, 6.07) is 14.5. The number of hydrogen-bond acceptors (Lipinski definition) is 2. The van der Waals surface area contributed by atoms with Crippen LogP contribution in [0.4, 0.5) is 5.69 Å². The first kappa shape index (κ1) is 23.5. The Labute approximate surface area is 184 Å². The molecule has 0 spiro atoms. The normalized spacial score (nSPS) is 11.3. The SMILES string of the molecule is CCCCc1ccc(NC(=O)CCCOc2ccc(C(C)(C)CC)cc2)c(Br)c1. The second kappa shape index (κ2) is 11.4. The van der Waals surface area contributed by atoms with Gasteiger partial charge in [-0.2, -0.15) is 0 Å². The van der Waals surface area contributed by atoms with Crippen LogP contribution >= 0.6 is 15.9 Å². The highest BCUT2D eigenvalue weighted by Crippen LogP contribution is 2.28. The van der Waals surface area contributed by atoms with Crippen LogP contribution in [0.5, 0.6) is 5.75 Å². The van der Waals surface area contributed by atoms with E-state index in [-0.39, 0.29) is 11.3 Å². The number of nitrogens with one attached hydrogen (secondary N) is 1. The minimum atomic E-state index is 0.00986. The first-order chi connectivity index (χ1) is 13.9. The van der Waals surface area contributed by atoms with Gasteiger partial charge in [-0.3, -0.25) is 4.79 Å². The third kappa shape index (κ3) is 7.50. The van der Waals surface area contributed by atoms with E-state index in [1.165, 1.54) is 24.0 Å². The minimum Gasteiger partial charge on any atom is -0.494 e. The van der Waals surface area contributed by atoms with Gasteiger partial charge >= 0.3 is 0 Å². The summed E-state index contributed by atoms with van der Waals surface area (Å²) in [5.74, 6) is 0.863. The van der Waals surface area contributed by atoms with Crippen molar-refractivity contribution in [1.82, 2.24) is 0 Å². The number of rotatable bonds is 11. The van der Waals surface area contributed by atoms with Gasteiger partial charge in [0, 0.05) is 10.9 Å². The van der Waals surface area contributed by atoms with Crippen molar-refractivity contribution in [1.29, 1.82) is 0 Å². The number of carbonyl (C=O) groups excluding carboxylic acids is 1.